The van der Waals surface area contributed by atoms with Gasteiger partial charge < -0.3 is 26.3 Å². The molecule has 8 nitrogen and oxygen atoms in total. The number of rotatable bonds is 6. The van der Waals surface area contributed by atoms with Crippen molar-refractivity contribution in [1.82, 2.24) is 5.32 Å². The van der Waals surface area contributed by atoms with Gasteiger partial charge in [-0.05, 0) is 6.92 Å². The Balaban J connectivity index is 3.79. The molecule has 1 atom stereocenters. The summed E-state index contributed by atoms with van der Waals surface area (Å²) in [6.45, 7) is 1.68. The van der Waals surface area contributed by atoms with Crippen molar-refractivity contribution >= 4 is 18.0 Å². The summed E-state index contributed by atoms with van der Waals surface area (Å²) < 4.78 is 8.89. The molecule has 0 aromatic carbocycles. The van der Waals surface area contributed by atoms with Gasteiger partial charge in [-0.3, -0.25) is 4.79 Å². The first-order chi connectivity index (χ1) is 7.49. The molecule has 0 heterocycles. The maximum Gasteiger partial charge on any atom is 0.404 e. The molecule has 1 unspecified atom stereocenters. The molecule has 0 aromatic rings. The summed E-state index contributed by atoms with van der Waals surface area (Å²) in [5, 5.41) is 2.28. The van der Waals surface area contributed by atoms with Gasteiger partial charge in [0.2, 0.25) is 5.91 Å². The van der Waals surface area contributed by atoms with Gasteiger partial charge >= 0.3 is 12.1 Å². The van der Waals surface area contributed by atoms with Crippen LogP contribution in [0.3, 0.4) is 0 Å². The first kappa shape index (κ1) is 14.2. The Labute approximate surface area is 92.2 Å². The number of esters is 1. The normalized spacial score (nSPS) is 11.4. The molecule has 8 heteroatoms. The predicted octanol–water partition coefficient (Wildman–Crippen LogP) is -1.91. The molecule has 0 aromatic heterocycles. The molecule has 5 N–H and O–H groups in total. The standard InChI is InChI=1S/C8H15N3O5/c1-2-15-7(13)5(9)6(12)11-3-4-16-8(10)14/h5H,2-4,9H2,1H3,(H2,10,14)(H,11,12). The van der Waals surface area contributed by atoms with Crippen LogP contribution in [0.5, 0.6) is 0 Å². The first-order valence-electron chi connectivity index (χ1n) is 4.61. The molecule has 2 amide bonds. The molecule has 0 saturated carbocycles. The zero-order chi connectivity index (χ0) is 12.6. The van der Waals surface area contributed by atoms with E-state index >= 15 is 0 Å². The van der Waals surface area contributed by atoms with Gasteiger partial charge in [0.05, 0.1) is 13.2 Å². The second-order valence-corrected chi connectivity index (χ2v) is 2.69. The summed E-state index contributed by atoms with van der Waals surface area (Å²) >= 11 is 0. The molecule has 0 aliphatic rings. The number of amides is 2. The number of nitrogens with one attached hydrogen (secondary N) is 1. The number of hydrogen-bond acceptors (Lipinski definition) is 6. The lowest BCUT2D eigenvalue weighted by Gasteiger charge is -2.10. The fraction of sp³-hybridized carbons (Fsp3) is 0.625. The van der Waals surface area contributed by atoms with E-state index < -0.39 is 24.0 Å². The monoisotopic (exact) mass is 233 g/mol. The SMILES string of the molecule is CCOC(=O)C(N)C(=O)NCCOC(N)=O. The average molecular weight is 233 g/mol. The molecule has 0 rings (SSSR count). The van der Waals surface area contributed by atoms with E-state index in [4.69, 9.17) is 5.73 Å². The highest BCUT2D eigenvalue weighted by molar-refractivity contribution is 6.01. The Bertz CT molecular complexity index is 268. The third kappa shape index (κ3) is 5.81. The van der Waals surface area contributed by atoms with Gasteiger partial charge in [0.1, 0.15) is 6.61 Å². The van der Waals surface area contributed by atoms with Crippen LogP contribution in [-0.2, 0) is 19.1 Å². The maximum absolute atomic E-state index is 11.2. The van der Waals surface area contributed by atoms with Crippen LogP contribution in [0.1, 0.15) is 6.92 Å². The lowest BCUT2D eigenvalue weighted by Crippen LogP contribution is -2.47. The zero-order valence-electron chi connectivity index (χ0n) is 8.89. The highest BCUT2D eigenvalue weighted by Crippen LogP contribution is 1.86. The second kappa shape index (κ2) is 7.46. The minimum absolute atomic E-state index is 0.0227. The van der Waals surface area contributed by atoms with E-state index in [0.29, 0.717) is 0 Å². The highest BCUT2D eigenvalue weighted by Gasteiger charge is 2.22. The molecule has 92 valence electrons. The quantitative estimate of drug-likeness (QED) is 0.278. The van der Waals surface area contributed by atoms with E-state index in [1.807, 2.05) is 0 Å². The summed E-state index contributed by atoms with van der Waals surface area (Å²) in [4.78, 5) is 32.4. The van der Waals surface area contributed by atoms with Crippen molar-refractivity contribution in [3.05, 3.63) is 0 Å². The summed E-state index contributed by atoms with van der Waals surface area (Å²) in [5.74, 6) is -1.51. The zero-order valence-corrected chi connectivity index (χ0v) is 8.89. The Morgan fingerprint density at radius 2 is 1.94 bits per heavy atom. The van der Waals surface area contributed by atoms with E-state index in [9.17, 15) is 14.4 Å². The second-order valence-electron chi connectivity index (χ2n) is 2.69. The largest absolute Gasteiger partial charge is 0.464 e. The summed E-state index contributed by atoms with van der Waals surface area (Å²) in [5.41, 5.74) is 9.95. The van der Waals surface area contributed by atoms with Gasteiger partial charge in [-0.25, -0.2) is 9.59 Å². The molecule has 0 saturated heterocycles. The maximum atomic E-state index is 11.2. The molecule has 0 aliphatic carbocycles. The molecule has 0 radical (unpaired) electrons. The van der Waals surface area contributed by atoms with E-state index in [2.05, 4.69) is 20.5 Å². The van der Waals surface area contributed by atoms with Crippen LogP contribution in [0, 0.1) is 0 Å². The minimum Gasteiger partial charge on any atom is -0.464 e. The molecule has 0 bridgehead atoms. The van der Waals surface area contributed by atoms with Crippen molar-refractivity contribution in [3.8, 4) is 0 Å². The molecule has 0 fully saturated rings. The van der Waals surface area contributed by atoms with Gasteiger partial charge in [0.15, 0.2) is 6.04 Å². The van der Waals surface area contributed by atoms with Gasteiger partial charge in [-0.1, -0.05) is 0 Å². The summed E-state index contributed by atoms with van der Waals surface area (Å²) in [7, 11) is 0. The fourth-order valence-corrected chi connectivity index (χ4v) is 0.775. The highest BCUT2D eigenvalue weighted by atomic mass is 16.5. The number of carbonyl (C=O) groups is 3. The van der Waals surface area contributed by atoms with E-state index in [0.717, 1.165) is 0 Å². The van der Waals surface area contributed by atoms with Gasteiger partial charge in [0, 0.05) is 0 Å². The van der Waals surface area contributed by atoms with Crippen molar-refractivity contribution in [2.75, 3.05) is 19.8 Å². The van der Waals surface area contributed by atoms with Crippen LogP contribution >= 0.6 is 0 Å². The van der Waals surface area contributed by atoms with Crippen molar-refractivity contribution in [1.29, 1.82) is 0 Å². The van der Waals surface area contributed by atoms with Crippen LogP contribution in [0.2, 0.25) is 0 Å². The molecular weight excluding hydrogens is 218 g/mol. The first-order valence-corrected chi connectivity index (χ1v) is 4.61. The van der Waals surface area contributed by atoms with Crippen LogP contribution in [0.4, 0.5) is 4.79 Å². The third-order valence-electron chi connectivity index (χ3n) is 1.47. The lowest BCUT2D eigenvalue weighted by molar-refractivity contribution is -0.148. The molecule has 0 aliphatic heterocycles. The van der Waals surface area contributed by atoms with Gasteiger partial charge in [0.25, 0.3) is 0 Å². The summed E-state index contributed by atoms with van der Waals surface area (Å²) in [6, 6.07) is -1.38. The average Bonchev–Trinajstić information content (AvgIpc) is 2.23. The van der Waals surface area contributed by atoms with Gasteiger partial charge in [-0.15, -0.1) is 0 Å². The van der Waals surface area contributed by atoms with E-state index in [1.165, 1.54) is 0 Å². The van der Waals surface area contributed by atoms with E-state index in [-0.39, 0.29) is 19.8 Å². The number of ether oxygens (including phenoxy) is 2. The topological polar surface area (TPSA) is 134 Å². The van der Waals surface area contributed by atoms with Gasteiger partial charge in [-0.2, -0.15) is 0 Å². The Morgan fingerprint density at radius 3 is 2.44 bits per heavy atom. The third-order valence-corrected chi connectivity index (χ3v) is 1.47. The van der Waals surface area contributed by atoms with Crippen molar-refractivity contribution in [3.63, 3.8) is 0 Å². The molecule has 16 heavy (non-hydrogen) atoms. The van der Waals surface area contributed by atoms with Crippen LogP contribution < -0.4 is 16.8 Å². The predicted molar refractivity (Wildman–Crippen MR) is 53.2 cm³/mol. The molecule has 0 spiro atoms. The number of primary amides is 1. The number of hydrogen-bond donors (Lipinski definition) is 3. The van der Waals surface area contributed by atoms with Crippen molar-refractivity contribution < 1.29 is 23.9 Å². The lowest BCUT2D eigenvalue weighted by atomic mass is 10.3. The molecular formula is C8H15N3O5. The smallest absolute Gasteiger partial charge is 0.404 e. The number of nitrogens with two attached hydrogens (primary N) is 2. The summed E-state index contributed by atoms with van der Waals surface area (Å²) in [6.07, 6.45) is -0.941. The Hall–Kier alpha value is -1.83. The Kier molecular flexibility index (Phi) is 6.61. The Morgan fingerprint density at radius 1 is 1.31 bits per heavy atom. The fourth-order valence-electron chi connectivity index (χ4n) is 0.775. The van der Waals surface area contributed by atoms with Crippen molar-refractivity contribution in [2.24, 2.45) is 11.5 Å². The van der Waals surface area contributed by atoms with Crippen LogP contribution in [0.25, 0.3) is 0 Å². The van der Waals surface area contributed by atoms with E-state index in [1.54, 1.807) is 6.92 Å². The van der Waals surface area contributed by atoms with Crippen LogP contribution in [-0.4, -0.2) is 43.8 Å². The minimum atomic E-state index is -1.38. The number of carbonyl (C=O) groups excluding carboxylic acids is 3. The van der Waals surface area contributed by atoms with Crippen LogP contribution in [0.15, 0.2) is 0 Å². The van der Waals surface area contributed by atoms with Crippen molar-refractivity contribution in [2.45, 2.75) is 13.0 Å².